The average molecular weight is 712 g/mol. The van der Waals surface area contributed by atoms with Crippen LogP contribution in [0.15, 0.2) is 224 Å². The second-order valence-corrected chi connectivity index (χ2v) is 15.0. The van der Waals surface area contributed by atoms with Gasteiger partial charge in [0, 0.05) is 11.1 Å². The molecule has 0 bridgehead atoms. The minimum Gasteiger partial charge on any atom is -0.248 e. The van der Waals surface area contributed by atoms with Gasteiger partial charge in [0.2, 0.25) is 0 Å². The predicted octanol–water partition coefficient (Wildman–Crippen LogP) is 13.1. The Morgan fingerprint density at radius 3 is 1.34 bits per heavy atom. The molecule has 2 atom stereocenters. The summed E-state index contributed by atoms with van der Waals surface area (Å²) in [6, 6.07) is 82.5. The number of rotatable bonds is 6. The number of hydrogen-bond donors (Lipinski definition) is 0. The molecule has 0 aliphatic heterocycles. The van der Waals surface area contributed by atoms with Gasteiger partial charge in [-0.3, -0.25) is 0 Å². The van der Waals surface area contributed by atoms with Crippen LogP contribution in [0.5, 0.6) is 0 Å². The quantitative estimate of drug-likeness (QED) is 0.167. The van der Waals surface area contributed by atoms with E-state index in [-0.39, 0.29) is 0 Å². The van der Waals surface area contributed by atoms with Crippen molar-refractivity contribution in [2.45, 2.75) is 10.8 Å². The monoisotopic (exact) mass is 711 g/mol. The van der Waals surface area contributed by atoms with Crippen molar-refractivity contribution in [2.24, 2.45) is 0 Å². The van der Waals surface area contributed by atoms with Gasteiger partial charge in [-0.05, 0) is 78.9 Å². The molecule has 2 unspecified atom stereocenters. The standard InChI is InChI=1S/C55H37N/c1-5-20-38(21-6-1)40-36-51(39-22-7-2-8-23-39)56-52(37-40)45-29-14-16-32-47(45)54(41-24-9-3-10-25-41)48-33-17-18-34-49(48)55(42-26-11-4-12-27-42)46-31-15-13-28-43(46)44-30-19-35-50(54)53(44)55/h1-37H. The van der Waals surface area contributed by atoms with Gasteiger partial charge in [-0.15, -0.1) is 0 Å². The molecule has 1 heteroatoms. The van der Waals surface area contributed by atoms with Crippen LogP contribution in [-0.2, 0) is 10.8 Å². The second kappa shape index (κ2) is 12.8. The largest absolute Gasteiger partial charge is 0.248 e. The highest BCUT2D eigenvalue weighted by atomic mass is 14.7. The summed E-state index contributed by atoms with van der Waals surface area (Å²) in [6.07, 6.45) is 0. The molecule has 8 aromatic carbocycles. The Balaban J connectivity index is 1.29. The van der Waals surface area contributed by atoms with Gasteiger partial charge in [-0.1, -0.05) is 212 Å². The molecule has 0 saturated carbocycles. The molecule has 1 heterocycles. The van der Waals surface area contributed by atoms with Crippen molar-refractivity contribution in [2.75, 3.05) is 0 Å². The van der Waals surface area contributed by atoms with Gasteiger partial charge < -0.3 is 0 Å². The van der Waals surface area contributed by atoms with Crippen LogP contribution in [-0.4, -0.2) is 4.98 Å². The smallest absolute Gasteiger partial charge is 0.0720 e. The van der Waals surface area contributed by atoms with E-state index in [1.165, 1.54) is 55.6 Å². The zero-order valence-corrected chi connectivity index (χ0v) is 30.8. The maximum absolute atomic E-state index is 5.53. The summed E-state index contributed by atoms with van der Waals surface area (Å²) in [5.74, 6) is 0. The summed E-state index contributed by atoms with van der Waals surface area (Å²) in [4.78, 5) is 5.53. The molecular weight excluding hydrogens is 675 g/mol. The Morgan fingerprint density at radius 1 is 0.268 bits per heavy atom. The van der Waals surface area contributed by atoms with Crippen molar-refractivity contribution in [1.29, 1.82) is 0 Å². The zero-order chi connectivity index (χ0) is 37.1. The Hall–Kier alpha value is -7.09. The highest BCUT2D eigenvalue weighted by Gasteiger charge is 2.57. The van der Waals surface area contributed by atoms with Crippen molar-refractivity contribution in [3.8, 4) is 44.8 Å². The number of pyridine rings is 1. The molecule has 0 radical (unpaired) electrons. The topological polar surface area (TPSA) is 12.9 Å². The predicted molar refractivity (Wildman–Crippen MR) is 230 cm³/mol. The SMILES string of the molecule is c1ccc(-c2cc(-c3ccccc3)nc(-c3ccccc3C3(c4ccccc4)c4ccccc4C4(c5ccccc5)c5ccccc5-c5cccc3c54)c2)cc1. The molecule has 2 aliphatic carbocycles. The van der Waals surface area contributed by atoms with E-state index in [1.807, 2.05) is 0 Å². The fourth-order valence-corrected chi connectivity index (χ4v) is 10.1. The van der Waals surface area contributed by atoms with Crippen molar-refractivity contribution in [1.82, 2.24) is 4.98 Å². The molecule has 0 spiro atoms. The first-order valence-corrected chi connectivity index (χ1v) is 19.5. The van der Waals surface area contributed by atoms with Crippen molar-refractivity contribution < 1.29 is 0 Å². The zero-order valence-electron chi connectivity index (χ0n) is 30.8. The summed E-state index contributed by atoms with van der Waals surface area (Å²) in [6.45, 7) is 0. The third-order valence-corrected chi connectivity index (χ3v) is 12.2. The third kappa shape index (κ3) is 4.52. The van der Waals surface area contributed by atoms with Crippen LogP contribution in [0.2, 0.25) is 0 Å². The van der Waals surface area contributed by atoms with E-state index in [0.717, 1.165) is 33.6 Å². The molecule has 56 heavy (non-hydrogen) atoms. The highest BCUT2D eigenvalue weighted by molar-refractivity contribution is 5.92. The molecule has 0 N–H and O–H groups in total. The molecule has 1 aromatic heterocycles. The van der Waals surface area contributed by atoms with Crippen LogP contribution in [0.4, 0.5) is 0 Å². The Morgan fingerprint density at radius 2 is 0.696 bits per heavy atom. The second-order valence-electron chi connectivity index (χ2n) is 15.0. The summed E-state index contributed by atoms with van der Waals surface area (Å²) in [5, 5.41) is 0. The lowest BCUT2D eigenvalue weighted by atomic mass is 9.51. The molecule has 0 amide bonds. The minimum absolute atomic E-state index is 0.500. The number of aromatic nitrogens is 1. The Kier molecular flexibility index (Phi) is 7.37. The number of nitrogens with zero attached hydrogens (tertiary/aromatic N) is 1. The van der Waals surface area contributed by atoms with Gasteiger partial charge in [0.05, 0.1) is 22.2 Å². The molecule has 0 fully saturated rings. The van der Waals surface area contributed by atoms with Crippen LogP contribution in [0.3, 0.4) is 0 Å². The Bertz CT molecular complexity index is 2840. The molecule has 9 aromatic rings. The first-order valence-electron chi connectivity index (χ1n) is 19.5. The number of benzene rings is 8. The van der Waals surface area contributed by atoms with Gasteiger partial charge in [0.25, 0.3) is 0 Å². The molecule has 11 rings (SSSR count). The van der Waals surface area contributed by atoms with Gasteiger partial charge >= 0.3 is 0 Å². The van der Waals surface area contributed by atoms with Crippen LogP contribution in [0, 0.1) is 0 Å². The van der Waals surface area contributed by atoms with E-state index in [1.54, 1.807) is 0 Å². The van der Waals surface area contributed by atoms with Gasteiger partial charge in [-0.2, -0.15) is 0 Å². The highest BCUT2D eigenvalue weighted by Crippen LogP contribution is 2.66. The molecule has 2 aliphatic rings. The van der Waals surface area contributed by atoms with E-state index in [0.29, 0.717) is 0 Å². The normalized spacial score (nSPS) is 17.4. The third-order valence-electron chi connectivity index (χ3n) is 12.2. The lowest BCUT2D eigenvalue weighted by Crippen LogP contribution is -2.44. The summed E-state index contributed by atoms with van der Waals surface area (Å²) < 4.78 is 0. The molecule has 262 valence electrons. The molecular formula is C55H37N. The summed E-state index contributed by atoms with van der Waals surface area (Å²) in [7, 11) is 0. The number of fused-ring (bicyclic) bond motifs is 5. The lowest BCUT2D eigenvalue weighted by Gasteiger charge is -2.50. The van der Waals surface area contributed by atoms with E-state index < -0.39 is 10.8 Å². The van der Waals surface area contributed by atoms with Gasteiger partial charge in [0.15, 0.2) is 0 Å². The first kappa shape index (κ1) is 32.3. The van der Waals surface area contributed by atoms with Crippen LogP contribution >= 0.6 is 0 Å². The average Bonchev–Trinajstić information content (AvgIpc) is 3.60. The van der Waals surface area contributed by atoms with Gasteiger partial charge in [0.1, 0.15) is 0 Å². The van der Waals surface area contributed by atoms with Crippen LogP contribution < -0.4 is 0 Å². The van der Waals surface area contributed by atoms with Crippen molar-refractivity contribution in [3.05, 3.63) is 269 Å². The van der Waals surface area contributed by atoms with E-state index in [2.05, 4.69) is 224 Å². The number of hydrogen-bond acceptors (Lipinski definition) is 1. The van der Waals surface area contributed by atoms with Crippen LogP contribution in [0.25, 0.3) is 44.8 Å². The maximum Gasteiger partial charge on any atom is 0.0720 e. The summed E-state index contributed by atoms with van der Waals surface area (Å²) in [5.41, 5.74) is 18.1. The summed E-state index contributed by atoms with van der Waals surface area (Å²) >= 11 is 0. The molecule has 0 saturated heterocycles. The van der Waals surface area contributed by atoms with E-state index in [9.17, 15) is 0 Å². The fraction of sp³-hybridized carbons (Fsp3) is 0.0364. The van der Waals surface area contributed by atoms with E-state index >= 15 is 0 Å². The lowest BCUT2D eigenvalue weighted by molar-refractivity contribution is 0.627. The van der Waals surface area contributed by atoms with Gasteiger partial charge in [-0.25, -0.2) is 4.98 Å². The van der Waals surface area contributed by atoms with Crippen LogP contribution in [0.1, 0.15) is 44.5 Å². The fourth-order valence-electron chi connectivity index (χ4n) is 10.1. The minimum atomic E-state index is -0.683. The van der Waals surface area contributed by atoms with Crippen molar-refractivity contribution >= 4 is 0 Å². The first-order chi connectivity index (χ1) is 27.8. The molecule has 1 nitrogen and oxygen atoms in total. The maximum atomic E-state index is 5.53. The van der Waals surface area contributed by atoms with E-state index in [4.69, 9.17) is 4.98 Å². The van der Waals surface area contributed by atoms with Crippen molar-refractivity contribution in [3.63, 3.8) is 0 Å². The Labute approximate surface area is 328 Å².